The number of imidazole rings is 1. The summed E-state index contributed by atoms with van der Waals surface area (Å²) in [6.45, 7) is 6.55. The topological polar surface area (TPSA) is 29.9 Å². The minimum Gasteiger partial charge on any atom is -0.352 e. The van der Waals surface area contributed by atoms with Crippen molar-refractivity contribution in [3.63, 3.8) is 0 Å². The molecule has 2 rings (SSSR count). The molecule has 0 aliphatic heterocycles. The number of aryl methyl sites for hydroxylation is 1. The Morgan fingerprint density at radius 1 is 1.35 bits per heavy atom. The summed E-state index contributed by atoms with van der Waals surface area (Å²) in [5.74, 6) is 0.842. The van der Waals surface area contributed by atoms with Gasteiger partial charge in [-0.25, -0.2) is 4.98 Å². The van der Waals surface area contributed by atoms with E-state index in [0.29, 0.717) is 6.54 Å². The van der Waals surface area contributed by atoms with Crippen LogP contribution >= 0.6 is 0 Å². The highest BCUT2D eigenvalue weighted by Crippen LogP contribution is 2.15. The quantitative estimate of drug-likeness (QED) is 0.796. The van der Waals surface area contributed by atoms with Crippen molar-refractivity contribution in [2.24, 2.45) is 0 Å². The molecule has 1 heterocycles. The van der Waals surface area contributed by atoms with Gasteiger partial charge in [-0.1, -0.05) is 25.1 Å². The zero-order valence-corrected chi connectivity index (χ0v) is 10.1. The van der Waals surface area contributed by atoms with E-state index in [1.165, 1.54) is 5.56 Å². The zero-order valence-electron chi connectivity index (χ0n) is 10.1. The van der Waals surface area contributed by atoms with Crippen LogP contribution < -0.4 is 5.32 Å². The van der Waals surface area contributed by atoms with E-state index < -0.39 is 0 Å². The van der Waals surface area contributed by atoms with Crippen LogP contribution in [0.3, 0.4) is 0 Å². The van der Waals surface area contributed by atoms with E-state index in [0.717, 1.165) is 18.1 Å². The highest BCUT2D eigenvalue weighted by molar-refractivity contribution is 5.43. The van der Waals surface area contributed by atoms with Gasteiger partial charge >= 0.3 is 0 Å². The van der Waals surface area contributed by atoms with E-state index in [2.05, 4.69) is 48.1 Å². The summed E-state index contributed by atoms with van der Waals surface area (Å²) in [4.78, 5) is 4.28. The predicted molar refractivity (Wildman–Crippen MR) is 71.6 cm³/mol. The van der Waals surface area contributed by atoms with Gasteiger partial charge in [0.15, 0.2) is 0 Å². The van der Waals surface area contributed by atoms with Crippen molar-refractivity contribution in [3.8, 4) is 5.69 Å². The fraction of sp³-hybridized carbons (Fsp3) is 0.214. The maximum Gasteiger partial charge on any atom is 0.207 e. The summed E-state index contributed by atoms with van der Waals surface area (Å²) < 4.78 is 2.03. The van der Waals surface area contributed by atoms with E-state index in [4.69, 9.17) is 0 Å². The molecule has 17 heavy (non-hydrogen) atoms. The van der Waals surface area contributed by atoms with Crippen LogP contribution in [0.4, 0.5) is 5.95 Å². The van der Waals surface area contributed by atoms with Gasteiger partial charge < -0.3 is 5.32 Å². The Labute approximate surface area is 102 Å². The largest absolute Gasteiger partial charge is 0.352 e. The number of rotatable bonds is 5. The van der Waals surface area contributed by atoms with Crippen LogP contribution in [0.15, 0.2) is 49.3 Å². The molecule has 2 aromatic rings. The minimum absolute atomic E-state index is 0.712. The fourth-order valence-corrected chi connectivity index (χ4v) is 1.70. The first-order valence-electron chi connectivity index (χ1n) is 5.82. The minimum atomic E-state index is 0.712. The molecule has 1 aromatic heterocycles. The van der Waals surface area contributed by atoms with E-state index in [1.54, 1.807) is 6.20 Å². The van der Waals surface area contributed by atoms with Crippen molar-refractivity contribution >= 4 is 5.95 Å². The Morgan fingerprint density at radius 2 is 2.12 bits per heavy atom. The normalized spacial score (nSPS) is 10.2. The number of nitrogens with zero attached hydrogens (tertiary/aromatic N) is 2. The third-order valence-electron chi connectivity index (χ3n) is 2.67. The molecule has 0 saturated carbocycles. The summed E-state index contributed by atoms with van der Waals surface area (Å²) in [7, 11) is 0. The van der Waals surface area contributed by atoms with Gasteiger partial charge in [0.2, 0.25) is 5.95 Å². The molecule has 0 aliphatic rings. The molecule has 0 atom stereocenters. The SMILES string of the molecule is C=CCNc1nccn1-c1ccc(CC)cc1. The molecular weight excluding hydrogens is 210 g/mol. The number of aromatic nitrogens is 2. The van der Waals surface area contributed by atoms with Crippen molar-refractivity contribution in [2.45, 2.75) is 13.3 Å². The molecule has 0 fully saturated rings. The lowest BCUT2D eigenvalue weighted by atomic mass is 10.1. The van der Waals surface area contributed by atoms with Gasteiger partial charge in [-0.05, 0) is 24.1 Å². The zero-order chi connectivity index (χ0) is 12.1. The lowest BCUT2D eigenvalue weighted by molar-refractivity contribution is 1.03. The second-order valence-electron chi connectivity index (χ2n) is 3.81. The molecule has 0 unspecified atom stereocenters. The summed E-state index contributed by atoms with van der Waals surface area (Å²) in [6, 6.07) is 8.51. The number of anilines is 1. The number of benzene rings is 1. The molecule has 0 radical (unpaired) electrons. The second-order valence-corrected chi connectivity index (χ2v) is 3.81. The molecule has 0 saturated heterocycles. The van der Waals surface area contributed by atoms with Gasteiger partial charge in [0.25, 0.3) is 0 Å². The summed E-state index contributed by atoms with van der Waals surface area (Å²) in [5.41, 5.74) is 2.46. The second kappa shape index (κ2) is 5.34. The van der Waals surface area contributed by atoms with Gasteiger partial charge in [0.1, 0.15) is 0 Å². The van der Waals surface area contributed by atoms with E-state index in [9.17, 15) is 0 Å². The Hall–Kier alpha value is -2.03. The molecule has 0 spiro atoms. The highest BCUT2D eigenvalue weighted by Gasteiger charge is 2.03. The summed E-state index contributed by atoms with van der Waals surface area (Å²) >= 11 is 0. The Morgan fingerprint density at radius 3 is 2.76 bits per heavy atom. The average molecular weight is 227 g/mol. The Balaban J connectivity index is 2.25. The van der Waals surface area contributed by atoms with Gasteiger partial charge in [-0.15, -0.1) is 6.58 Å². The first-order chi connectivity index (χ1) is 8.35. The van der Waals surface area contributed by atoms with Crippen LogP contribution in [0.1, 0.15) is 12.5 Å². The predicted octanol–water partition coefficient (Wildman–Crippen LogP) is 3.03. The Bertz CT molecular complexity index is 482. The van der Waals surface area contributed by atoms with Crippen molar-refractivity contribution in [2.75, 3.05) is 11.9 Å². The van der Waals surface area contributed by atoms with Crippen LogP contribution in [-0.2, 0) is 6.42 Å². The smallest absolute Gasteiger partial charge is 0.207 e. The molecule has 3 nitrogen and oxygen atoms in total. The van der Waals surface area contributed by atoms with Crippen LogP contribution in [0.25, 0.3) is 5.69 Å². The van der Waals surface area contributed by atoms with Crippen molar-refractivity contribution in [1.29, 1.82) is 0 Å². The van der Waals surface area contributed by atoms with Gasteiger partial charge in [0.05, 0.1) is 0 Å². The lowest BCUT2D eigenvalue weighted by Crippen LogP contribution is -2.05. The van der Waals surface area contributed by atoms with E-state index in [1.807, 2.05) is 16.8 Å². The maximum absolute atomic E-state index is 4.28. The fourth-order valence-electron chi connectivity index (χ4n) is 1.70. The Kier molecular flexibility index (Phi) is 3.60. The van der Waals surface area contributed by atoms with Gasteiger partial charge in [0, 0.05) is 24.6 Å². The molecular formula is C14H17N3. The first-order valence-corrected chi connectivity index (χ1v) is 5.82. The van der Waals surface area contributed by atoms with Crippen LogP contribution in [0.5, 0.6) is 0 Å². The molecule has 88 valence electrons. The molecule has 1 aromatic carbocycles. The lowest BCUT2D eigenvalue weighted by Gasteiger charge is -2.09. The molecule has 3 heteroatoms. The standard InChI is InChI=1S/C14H17N3/c1-3-9-15-14-16-10-11-17(14)13-7-5-12(4-2)6-8-13/h3,5-8,10-11H,1,4,9H2,2H3,(H,15,16). The molecule has 0 aliphatic carbocycles. The van der Waals surface area contributed by atoms with Gasteiger partial charge in [-0.3, -0.25) is 4.57 Å². The number of hydrogen-bond acceptors (Lipinski definition) is 2. The number of hydrogen-bond donors (Lipinski definition) is 1. The maximum atomic E-state index is 4.28. The van der Waals surface area contributed by atoms with E-state index in [-0.39, 0.29) is 0 Å². The van der Waals surface area contributed by atoms with E-state index >= 15 is 0 Å². The van der Waals surface area contributed by atoms with Gasteiger partial charge in [-0.2, -0.15) is 0 Å². The van der Waals surface area contributed by atoms with Crippen LogP contribution in [-0.4, -0.2) is 16.1 Å². The van der Waals surface area contributed by atoms with Crippen molar-refractivity contribution < 1.29 is 0 Å². The molecule has 0 amide bonds. The van der Waals surface area contributed by atoms with Crippen molar-refractivity contribution in [3.05, 3.63) is 54.9 Å². The third-order valence-corrected chi connectivity index (χ3v) is 2.67. The summed E-state index contributed by atoms with van der Waals surface area (Å²) in [5, 5.41) is 3.20. The highest BCUT2D eigenvalue weighted by atomic mass is 15.2. The third kappa shape index (κ3) is 2.56. The number of nitrogens with one attached hydrogen (secondary N) is 1. The van der Waals surface area contributed by atoms with Crippen LogP contribution in [0, 0.1) is 0 Å². The first kappa shape index (κ1) is 11.5. The van der Waals surface area contributed by atoms with Crippen molar-refractivity contribution in [1.82, 2.24) is 9.55 Å². The summed E-state index contributed by atoms with van der Waals surface area (Å²) in [6.07, 6.45) is 6.62. The molecule has 1 N–H and O–H groups in total. The average Bonchev–Trinajstić information content (AvgIpc) is 2.84. The molecule has 0 bridgehead atoms. The monoisotopic (exact) mass is 227 g/mol. The van der Waals surface area contributed by atoms with Crippen LogP contribution in [0.2, 0.25) is 0 Å².